The predicted octanol–water partition coefficient (Wildman–Crippen LogP) is 1.27. The predicted molar refractivity (Wildman–Crippen MR) is 54.5 cm³/mol. The van der Waals surface area contributed by atoms with E-state index in [2.05, 4.69) is 25.9 Å². The normalized spacial score (nSPS) is 10.5. The lowest BCUT2D eigenvalue weighted by molar-refractivity contribution is 1.13. The van der Waals surface area contributed by atoms with E-state index in [4.69, 9.17) is 5.73 Å². The molecule has 0 saturated carbocycles. The number of benzene rings is 1. The van der Waals surface area contributed by atoms with E-state index in [0.717, 1.165) is 9.86 Å². The number of hydrogen-bond acceptors (Lipinski definition) is 3. The van der Waals surface area contributed by atoms with Gasteiger partial charge in [0.2, 0.25) is 0 Å². The molecule has 2 rings (SSSR count). The maximum atomic E-state index is 11.0. The smallest absolute Gasteiger partial charge is 0.347 e. The summed E-state index contributed by atoms with van der Waals surface area (Å²) in [6.07, 6.45) is 0. The van der Waals surface area contributed by atoms with Crippen molar-refractivity contribution in [1.29, 1.82) is 0 Å². The van der Waals surface area contributed by atoms with E-state index in [-0.39, 0.29) is 5.82 Å². The number of rotatable bonds is 0. The molecular weight excluding hydrogens is 234 g/mol. The van der Waals surface area contributed by atoms with Crippen LogP contribution in [0, 0.1) is 0 Å². The minimum atomic E-state index is -0.428. The topological polar surface area (TPSA) is 71.8 Å². The zero-order chi connectivity index (χ0) is 9.42. The van der Waals surface area contributed by atoms with Gasteiger partial charge in [-0.1, -0.05) is 15.9 Å². The molecule has 2 aromatic rings. The lowest BCUT2D eigenvalue weighted by Gasteiger charge is -1.99. The summed E-state index contributed by atoms with van der Waals surface area (Å²) in [5, 5.41) is 0.753. The van der Waals surface area contributed by atoms with Gasteiger partial charge in [-0.3, -0.25) is 0 Å². The first-order valence-corrected chi connectivity index (χ1v) is 4.41. The maximum absolute atomic E-state index is 11.0. The van der Waals surface area contributed by atoms with Crippen LogP contribution in [0.1, 0.15) is 0 Å². The summed E-state index contributed by atoms with van der Waals surface area (Å²) in [6.45, 7) is 0. The summed E-state index contributed by atoms with van der Waals surface area (Å²) >= 11 is 3.30. The molecule has 3 N–H and O–H groups in total. The van der Waals surface area contributed by atoms with Crippen molar-refractivity contribution in [3.05, 3.63) is 33.2 Å². The molecule has 4 nitrogen and oxygen atoms in total. The van der Waals surface area contributed by atoms with Crippen molar-refractivity contribution in [2.45, 2.75) is 0 Å². The first-order valence-electron chi connectivity index (χ1n) is 3.62. The zero-order valence-corrected chi connectivity index (χ0v) is 8.13. The van der Waals surface area contributed by atoms with Crippen LogP contribution in [0.5, 0.6) is 0 Å². The summed E-state index contributed by atoms with van der Waals surface area (Å²) < 4.78 is 0.890. The number of nitrogens with two attached hydrogens (primary N) is 1. The third kappa shape index (κ3) is 1.42. The van der Waals surface area contributed by atoms with E-state index in [9.17, 15) is 4.79 Å². The monoisotopic (exact) mass is 239 g/mol. The van der Waals surface area contributed by atoms with Crippen LogP contribution in [-0.4, -0.2) is 9.97 Å². The molecule has 0 aliphatic heterocycles. The van der Waals surface area contributed by atoms with Crippen LogP contribution < -0.4 is 11.4 Å². The number of hydrogen-bond donors (Lipinski definition) is 2. The van der Waals surface area contributed by atoms with Crippen LogP contribution in [0.2, 0.25) is 0 Å². The third-order valence-electron chi connectivity index (χ3n) is 1.72. The Hall–Kier alpha value is -1.36. The lowest BCUT2D eigenvalue weighted by atomic mass is 10.2. The molecule has 13 heavy (non-hydrogen) atoms. The first kappa shape index (κ1) is 8.25. The molecular formula is C8H6BrN3O. The minimum Gasteiger partial charge on any atom is -0.383 e. The lowest BCUT2D eigenvalue weighted by Crippen LogP contribution is -2.12. The number of fused-ring (bicyclic) bond motifs is 1. The molecule has 0 aliphatic rings. The van der Waals surface area contributed by atoms with Crippen molar-refractivity contribution in [3.8, 4) is 0 Å². The summed E-state index contributed by atoms with van der Waals surface area (Å²) in [7, 11) is 0. The molecule has 0 bridgehead atoms. The largest absolute Gasteiger partial charge is 0.383 e. The van der Waals surface area contributed by atoms with Crippen LogP contribution in [0.15, 0.2) is 27.5 Å². The van der Waals surface area contributed by atoms with Crippen LogP contribution in [-0.2, 0) is 0 Å². The molecule has 0 atom stereocenters. The Labute approximate surface area is 81.9 Å². The van der Waals surface area contributed by atoms with Crippen LogP contribution >= 0.6 is 15.9 Å². The highest BCUT2D eigenvalue weighted by Gasteiger charge is 2.00. The highest BCUT2D eigenvalue weighted by atomic mass is 79.9. The Balaban J connectivity index is 2.94. The molecule has 0 unspecified atom stereocenters. The second kappa shape index (κ2) is 2.85. The third-order valence-corrected chi connectivity index (χ3v) is 2.21. The highest BCUT2D eigenvalue weighted by molar-refractivity contribution is 9.10. The zero-order valence-electron chi connectivity index (χ0n) is 6.54. The van der Waals surface area contributed by atoms with Gasteiger partial charge in [-0.15, -0.1) is 0 Å². The van der Waals surface area contributed by atoms with Crippen LogP contribution in [0.4, 0.5) is 5.82 Å². The molecule has 0 saturated heterocycles. The molecule has 5 heteroatoms. The van der Waals surface area contributed by atoms with Gasteiger partial charge in [0.25, 0.3) is 0 Å². The van der Waals surface area contributed by atoms with Crippen molar-refractivity contribution >= 4 is 32.7 Å². The van der Waals surface area contributed by atoms with E-state index in [1.165, 1.54) is 0 Å². The molecule has 1 aromatic heterocycles. The number of anilines is 1. The van der Waals surface area contributed by atoms with Gasteiger partial charge < -0.3 is 10.7 Å². The maximum Gasteiger partial charge on any atom is 0.347 e. The minimum absolute atomic E-state index is 0.256. The Morgan fingerprint density at radius 3 is 3.00 bits per heavy atom. The van der Waals surface area contributed by atoms with Crippen LogP contribution in [0.25, 0.3) is 10.9 Å². The van der Waals surface area contributed by atoms with Gasteiger partial charge in [0.15, 0.2) is 0 Å². The SMILES string of the molecule is Nc1nc(=O)[nH]c2cc(Br)ccc12. The average Bonchev–Trinajstić information content (AvgIpc) is 2.02. The second-order valence-electron chi connectivity index (χ2n) is 2.62. The fourth-order valence-corrected chi connectivity index (χ4v) is 1.52. The standard InChI is InChI=1S/C8H6BrN3O/c9-4-1-2-5-6(3-4)11-8(13)12-7(5)10/h1-3H,(H3,10,11,12,13). The number of nitrogens with zero attached hydrogens (tertiary/aromatic N) is 1. The van der Waals surface area contributed by atoms with Crippen molar-refractivity contribution < 1.29 is 0 Å². The van der Waals surface area contributed by atoms with Crippen molar-refractivity contribution in [3.63, 3.8) is 0 Å². The molecule has 0 spiro atoms. The van der Waals surface area contributed by atoms with Gasteiger partial charge in [-0.05, 0) is 18.2 Å². The second-order valence-corrected chi connectivity index (χ2v) is 3.53. The van der Waals surface area contributed by atoms with E-state index in [0.29, 0.717) is 5.52 Å². The number of aromatic nitrogens is 2. The number of nitrogens with one attached hydrogen (secondary N) is 1. The number of H-pyrrole nitrogens is 1. The summed E-state index contributed by atoms with van der Waals surface area (Å²) in [5.74, 6) is 0.256. The summed E-state index contributed by atoms with van der Waals surface area (Å²) in [4.78, 5) is 17.1. The molecule has 0 radical (unpaired) electrons. The van der Waals surface area contributed by atoms with Gasteiger partial charge in [0, 0.05) is 9.86 Å². The summed E-state index contributed by atoms with van der Waals surface area (Å²) in [5.41, 5.74) is 5.82. The average molecular weight is 240 g/mol. The van der Waals surface area contributed by atoms with Gasteiger partial charge in [0.1, 0.15) is 5.82 Å². The van der Waals surface area contributed by atoms with E-state index < -0.39 is 5.69 Å². The Bertz CT molecular complexity index is 520. The fraction of sp³-hybridized carbons (Fsp3) is 0. The van der Waals surface area contributed by atoms with Gasteiger partial charge in [-0.2, -0.15) is 4.98 Å². The van der Waals surface area contributed by atoms with Crippen molar-refractivity contribution in [2.75, 3.05) is 5.73 Å². The fourth-order valence-electron chi connectivity index (χ4n) is 1.16. The number of aromatic amines is 1. The highest BCUT2D eigenvalue weighted by Crippen LogP contribution is 2.19. The summed E-state index contributed by atoms with van der Waals surface area (Å²) in [6, 6.07) is 5.44. The Morgan fingerprint density at radius 1 is 1.46 bits per heavy atom. The quantitative estimate of drug-likeness (QED) is 0.728. The first-order chi connectivity index (χ1) is 6.16. The molecule has 66 valence electrons. The van der Waals surface area contributed by atoms with Crippen LogP contribution in [0.3, 0.4) is 0 Å². The molecule has 0 fully saturated rings. The Kier molecular flexibility index (Phi) is 1.81. The molecule has 1 aromatic carbocycles. The van der Waals surface area contributed by atoms with Crippen molar-refractivity contribution in [2.24, 2.45) is 0 Å². The van der Waals surface area contributed by atoms with Gasteiger partial charge in [0.05, 0.1) is 5.52 Å². The van der Waals surface area contributed by atoms with Gasteiger partial charge in [-0.25, -0.2) is 4.79 Å². The molecule has 0 aliphatic carbocycles. The number of halogens is 1. The van der Waals surface area contributed by atoms with Gasteiger partial charge >= 0.3 is 5.69 Å². The van der Waals surface area contributed by atoms with Crippen molar-refractivity contribution in [1.82, 2.24) is 9.97 Å². The van der Waals surface area contributed by atoms with E-state index >= 15 is 0 Å². The Morgan fingerprint density at radius 2 is 2.23 bits per heavy atom. The van der Waals surface area contributed by atoms with E-state index in [1.54, 1.807) is 12.1 Å². The molecule has 1 heterocycles. The van der Waals surface area contributed by atoms with E-state index in [1.807, 2.05) is 6.07 Å². The number of nitrogen functional groups attached to an aromatic ring is 1. The molecule has 0 amide bonds.